The van der Waals surface area contributed by atoms with Gasteiger partial charge in [0.05, 0.1) is 5.56 Å². The van der Waals surface area contributed by atoms with Crippen LogP contribution < -0.4 is 0 Å². The second kappa shape index (κ2) is 4.26. The number of hydrogen-bond acceptors (Lipinski definition) is 1. The van der Waals surface area contributed by atoms with E-state index in [1.54, 1.807) is 19.1 Å². The standard InChI is InChI=1S/C13H12ClNO2/c1-7-11(9-3-5-10(14)6-4-9)12(13(16)17)8(2)15-7/h3-6,15H,1-2H3,(H,16,17). The lowest BCUT2D eigenvalue weighted by molar-refractivity contribution is 0.0697. The minimum atomic E-state index is -0.920. The minimum Gasteiger partial charge on any atom is -0.478 e. The highest BCUT2D eigenvalue weighted by molar-refractivity contribution is 6.30. The molecule has 88 valence electrons. The van der Waals surface area contributed by atoms with Gasteiger partial charge in [0.15, 0.2) is 0 Å². The summed E-state index contributed by atoms with van der Waals surface area (Å²) in [5.74, 6) is -0.920. The summed E-state index contributed by atoms with van der Waals surface area (Å²) in [4.78, 5) is 14.3. The van der Waals surface area contributed by atoms with Crippen LogP contribution in [0.3, 0.4) is 0 Å². The van der Waals surface area contributed by atoms with Crippen molar-refractivity contribution >= 4 is 17.6 Å². The Kier molecular flexibility index (Phi) is 2.94. The highest BCUT2D eigenvalue weighted by Crippen LogP contribution is 2.30. The molecule has 0 aliphatic rings. The van der Waals surface area contributed by atoms with Gasteiger partial charge in [0, 0.05) is 22.0 Å². The van der Waals surface area contributed by atoms with Gasteiger partial charge in [-0.1, -0.05) is 23.7 Å². The molecule has 2 N–H and O–H groups in total. The van der Waals surface area contributed by atoms with Gasteiger partial charge in [0.2, 0.25) is 0 Å². The van der Waals surface area contributed by atoms with E-state index < -0.39 is 5.97 Å². The molecule has 2 aromatic rings. The van der Waals surface area contributed by atoms with Crippen LogP contribution in [-0.2, 0) is 0 Å². The number of hydrogen-bond donors (Lipinski definition) is 2. The van der Waals surface area contributed by atoms with Crippen LogP contribution in [0.4, 0.5) is 0 Å². The number of aromatic nitrogens is 1. The molecule has 0 spiro atoms. The largest absolute Gasteiger partial charge is 0.478 e. The number of benzene rings is 1. The van der Waals surface area contributed by atoms with Crippen LogP contribution in [0.5, 0.6) is 0 Å². The van der Waals surface area contributed by atoms with Crippen molar-refractivity contribution in [2.45, 2.75) is 13.8 Å². The Morgan fingerprint density at radius 3 is 2.29 bits per heavy atom. The first-order chi connectivity index (χ1) is 8.00. The van der Waals surface area contributed by atoms with Gasteiger partial charge in [-0.2, -0.15) is 0 Å². The molecular formula is C13H12ClNO2. The lowest BCUT2D eigenvalue weighted by Gasteiger charge is -2.03. The summed E-state index contributed by atoms with van der Waals surface area (Å²) in [5.41, 5.74) is 3.42. The average Bonchev–Trinajstić information content (AvgIpc) is 2.55. The molecule has 0 atom stereocenters. The smallest absolute Gasteiger partial charge is 0.338 e. The third-order valence-electron chi connectivity index (χ3n) is 2.72. The predicted octanol–water partition coefficient (Wildman–Crippen LogP) is 3.65. The van der Waals surface area contributed by atoms with Crippen molar-refractivity contribution in [2.24, 2.45) is 0 Å². The van der Waals surface area contributed by atoms with Crippen molar-refractivity contribution < 1.29 is 9.90 Å². The van der Waals surface area contributed by atoms with Crippen molar-refractivity contribution in [3.05, 3.63) is 46.2 Å². The molecule has 0 fully saturated rings. The number of H-pyrrole nitrogens is 1. The number of carboxylic acids is 1. The third kappa shape index (κ3) is 2.06. The summed E-state index contributed by atoms with van der Waals surface area (Å²) in [6.07, 6.45) is 0. The van der Waals surface area contributed by atoms with E-state index in [0.29, 0.717) is 16.3 Å². The first-order valence-corrected chi connectivity index (χ1v) is 5.57. The second-order valence-electron chi connectivity index (χ2n) is 3.94. The predicted molar refractivity (Wildman–Crippen MR) is 67.7 cm³/mol. The van der Waals surface area contributed by atoms with Crippen LogP contribution in [0.25, 0.3) is 11.1 Å². The Labute approximate surface area is 104 Å². The van der Waals surface area contributed by atoms with E-state index >= 15 is 0 Å². The second-order valence-corrected chi connectivity index (χ2v) is 4.37. The normalized spacial score (nSPS) is 10.5. The van der Waals surface area contributed by atoms with Crippen LogP contribution in [0.15, 0.2) is 24.3 Å². The van der Waals surface area contributed by atoms with Gasteiger partial charge >= 0.3 is 5.97 Å². The van der Waals surface area contributed by atoms with Crippen molar-refractivity contribution in [3.63, 3.8) is 0 Å². The molecule has 3 nitrogen and oxygen atoms in total. The minimum absolute atomic E-state index is 0.324. The van der Waals surface area contributed by atoms with E-state index in [-0.39, 0.29) is 0 Å². The number of aromatic carboxylic acids is 1. The monoisotopic (exact) mass is 249 g/mol. The maximum atomic E-state index is 11.3. The molecule has 0 amide bonds. The number of aryl methyl sites for hydroxylation is 2. The fourth-order valence-electron chi connectivity index (χ4n) is 2.03. The summed E-state index contributed by atoms with van der Waals surface area (Å²) in [7, 11) is 0. The number of carbonyl (C=O) groups is 1. The van der Waals surface area contributed by atoms with Crippen molar-refractivity contribution in [2.75, 3.05) is 0 Å². The first kappa shape index (κ1) is 11.7. The summed E-state index contributed by atoms with van der Waals surface area (Å²) in [5, 5.41) is 9.86. The van der Waals surface area contributed by atoms with E-state index in [1.807, 2.05) is 19.1 Å². The Balaban J connectivity index is 2.66. The van der Waals surface area contributed by atoms with E-state index in [2.05, 4.69) is 4.98 Å². The molecule has 0 bridgehead atoms. The molecule has 17 heavy (non-hydrogen) atoms. The number of aromatic amines is 1. The van der Waals surface area contributed by atoms with E-state index in [0.717, 1.165) is 16.8 Å². The molecule has 0 aliphatic carbocycles. The lowest BCUT2D eigenvalue weighted by atomic mass is 10.0. The zero-order valence-electron chi connectivity index (χ0n) is 9.54. The zero-order valence-corrected chi connectivity index (χ0v) is 10.3. The van der Waals surface area contributed by atoms with Crippen molar-refractivity contribution in [1.82, 2.24) is 4.98 Å². The maximum absolute atomic E-state index is 11.3. The van der Waals surface area contributed by atoms with E-state index in [1.165, 1.54) is 0 Å². The number of nitrogens with one attached hydrogen (secondary N) is 1. The van der Waals surface area contributed by atoms with Crippen molar-refractivity contribution in [1.29, 1.82) is 0 Å². The van der Waals surface area contributed by atoms with Gasteiger partial charge < -0.3 is 10.1 Å². The number of carboxylic acid groups (broad SMARTS) is 1. The maximum Gasteiger partial charge on any atom is 0.338 e. The first-order valence-electron chi connectivity index (χ1n) is 5.19. The van der Waals surface area contributed by atoms with Gasteiger partial charge in [-0.15, -0.1) is 0 Å². The third-order valence-corrected chi connectivity index (χ3v) is 2.97. The quantitative estimate of drug-likeness (QED) is 0.854. The van der Waals surface area contributed by atoms with Gasteiger partial charge in [-0.25, -0.2) is 4.79 Å². The Morgan fingerprint density at radius 2 is 1.76 bits per heavy atom. The molecule has 4 heteroatoms. The molecular weight excluding hydrogens is 238 g/mol. The van der Waals surface area contributed by atoms with Crippen LogP contribution in [0.1, 0.15) is 21.7 Å². The molecule has 0 unspecified atom stereocenters. The molecule has 1 heterocycles. The zero-order chi connectivity index (χ0) is 12.6. The SMILES string of the molecule is Cc1[nH]c(C)c(-c2ccc(Cl)cc2)c1C(=O)O. The highest BCUT2D eigenvalue weighted by Gasteiger charge is 2.19. The van der Waals surface area contributed by atoms with Crippen LogP contribution in [0.2, 0.25) is 5.02 Å². The molecule has 2 rings (SSSR count). The highest BCUT2D eigenvalue weighted by atomic mass is 35.5. The van der Waals surface area contributed by atoms with Crippen LogP contribution in [-0.4, -0.2) is 16.1 Å². The molecule has 0 radical (unpaired) electrons. The molecule has 0 aliphatic heterocycles. The summed E-state index contributed by atoms with van der Waals surface area (Å²) >= 11 is 5.82. The Bertz CT molecular complexity index is 570. The fourth-order valence-corrected chi connectivity index (χ4v) is 2.15. The lowest BCUT2D eigenvalue weighted by Crippen LogP contribution is -1.99. The number of rotatable bonds is 2. The Morgan fingerprint density at radius 1 is 1.18 bits per heavy atom. The number of halogens is 1. The molecule has 1 aromatic heterocycles. The fraction of sp³-hybridized carbons (Fsp3) is 0.154. The van der Waals surface area contributed by atoms with E-state index in [4.69, 9.17) is 11.6 Å². The topological polar surface area (TPSA) is 53.1 Å². The van der Waals surface area contributed by atoms with Gasteiger partial charge in [-0.05, 0) is 31.5 Å². The molecule has 0 saturated heterocycles. The van der Waals surface area contributed by atoms with Gasteiger partial charge in [-0.3, -0.25) is 0 Å². The van der Waals surface area contributed by atoms with Gasteiger partial charge in [0.1, 0.15) is 0 Å². The Hall–Kier alpha value is -1.74. The molecule has 0 saturated carbocycles. The van der Waals surface area contributed by atoms with Crippen molar-refractivity contribution in [3.8, 4) is 11.1 Å². The van der Waals surface area contributed by atoms with Crippen LogP contribution in [0, 0.1) is 13.8 Å². The van der Waals surface area contributed by atoms with E-state index in [9.17, 15) is 9.90 Å². The summed E-state index contributed by atoms with van der Waals surface area (Å²) < 4.78 is 0. The molecule has 1 aromatic carbocycles. The van der Waals surface area contributed by atoms with Gasteiger partial charge in [0.25, 0.3) is 0 Å². The summed E-state index contributed by atoms with van der Waals surface area (Å²) in [6, 6.07) is 7.16. The van der Waals surface area contributed by atoms with Crippen LogP contribution >= 0.6 is 11.6 Å². The summed E-state index contributed by atoms with van der Waals surface area (Å²) in [6.45, 7) is 3.62. The average molecular weight is 250 g/mol.